The molecule has 5 atom stereocenters. The minimum absolute atomic E-state index is 0.0129. The number of phenols is 1. The highest BCUT2D eigenvalue weighted by Crippen LogP contribution is 2.35. The molecule has 2 aliphatic rings. The van der Waals surface area contributed by atoms with E-state index in [-0.39, 0.29) is 38.3 Å². The zero-order chi connectivity index (χ0) is 38.7. The van der Waals surface area contributed by atoms with Crippen LogP contribution >= 0.6 is 0 Å². The van der Waals surface area contributed by atoms with Gasteiger partial charge >= 0.3 is 5.97 Å². The molecule has 0 spiro atoms. The van der Waals surface area contributed by atoms with Gasteiger partial charge in [-0.3, -0.25) is 9.59 Å². The van der Waals surface area contributed by atoms with Gasteiger partial charge in [-0.15, -0.1) is 5.10 Å². The lowest BCUT2D eigenvalue weighted by Gasteiger charge is -2.46. The molecular formula is C38H52BN5O10. The first-order valence-electron chi connectivity index (χ1n) is 18.6. The van der Waals surface area contributed by atoms with Crippen LogP contribution in [0.15, 0.2) is 48.7 Å². The molecule has 1 aromatic heterocycles. The van der Waals surface area contributed by atoms with E-state index in [4.69, 9.17) is 18.9 Å². The van der Waals surface area contributed by atoms with Crippen LogP contribution in [0.3, 0.4) is 0 Å². The molecule has 1 aliphatic carbocycles. The predicted molar refractivity (Wildman–Crippen MR) is 198 cm³/mol. The normalized spacial score (nSPS) is 22.4. The summed E-state index contributed by atoms with van der Waals surface area (Å²) in [6, 6.07) is 11.8. The number of phenolic OH excluding ortho intramolecular Hbond substituents is 1. The van der Waals surface area contributed by atoms with E-state index in [0.29, 0.717) is 42.2 Å². The number of ether oxygens (including phenoxy) is 3. The summed E-state index contributed by atoms with van der Waals surface area (Å²) in [6.45, 7) is 3.70. The highest BCUT2D eigenvalue weighted by Gasteiger charge is 2.54. The lowest BCUT2D eigenvalue weighted by Crippen LogP contribution is -2.65. The Morgan fingerprint density at radius 2 is 1.81 bits per heavy atom. The van der Waals surface area contributed by atoms with E-state index >= 15 is 0 Å². The molecule has 54 heavy (non-hydrogen) atoms. The van der Waals surface area contributed by atoms with Crippen molar-refractivity contribution in [3.05, 3.63) is 76.6 Å². The zero-order valence-electron chi connectivity index (χ0n) is 31.2. The Kier molecular flexibility index (Phi) is 14.6. The molecule has 0 radical (unpaired) electrons. The number of carbonyl (C=O) groups is 3. The van der Waals surface area contributed by atoms with Crippen molar-refractivity contribution in [3.63, 3.8) is 0 Å². The maximum absolute atomic E-state index is 13.5. The average Bonchev–Trinajstić information content (AvgIpc) is 3.63. The van der Waals surface area contributed by atoms with Crippen molar-refractivity contribution >= 4 is 25.8 Å². The Balaban J connectivity index is 1.26. The van der Waals surface area contributed by atoms with Crippen molar-refractivity contribution in [2.75, 3.05) is 19.8 Å². The second-order valence-corrected chi connectivity index (χ2v) is 14.3. The molecule has 16 heteroatoms. The van der Waals surface area contributed by atoms with Crippen LogP contribution in [0, 0.1) is 13.8 Å². The summed E-state index contributed by atoms with van der Waals surface area (Å²) in [5.41, 5.74) is 3.23. The number of rotatable bonds is 18. The molecule has 5 rings (SSSR count). The third-order valence-electron chi connectivity index (χ3n) is 10.1. The summed E-state index contributed by atoms with van der Waals surface area (Å²) in [4.78, 5) is 39.3. The zero-order valence-corrected chi connectivity index (χ0v) is 31.2. The number of nitrogens with one attached hydrogen (secondary N) is 2. The van der Waals surface area contributed by atoms with E-state index in [1.165, 1.54) is 19.2 Å². The minimum atomic E-state index is -2.16. The van der Waals surface area contributed by atoms with Crippen LogP contribution in [0.1, 0.15) is 90.0 Å². The van der Waals surface area contributed by atoms with E-state index in [2.05, 4.69) is 20.9 Å². The molecule has 3 aromatic rings. The number of carboxylic acid groups (broad SMARTS) is 1. The van der Waals surface area contributed by atoms with Gasteiger partial charge in [0.05, 0.1) is 43.3 Å². The molecule has 1 saturated carbocycles. The molecule has 2 fully saturated rings. The summed E-state index contributed by atoms with van der Waals surface area (Å²) in [5.74, 6) is -4.04. The minimum Gasteiger partial charge on any atom is -0.507 e. The molecule has 1 saturated heterocycles. The van der Waals surface area contributed by atoms with Crippen molar-refractivity contribution in [2.45, 2.75) is 114 Å². The van der Waals surface area contributed by atoms with Crippen molar-refractivity contribution in [1.29, 1.82) is 0 Å². The van der Waals surface area contributed by atoms with Crippen LogP contribution in [0.25, 0.3) is 0 Å². The predicted octanol–water partition coefficient (Wildman–Crippen LogP) is 2.44. The van der Waals surface area contributed by atoms with E-state index in [0.717, 1.165) is 36.9 Å². The van der Waals surface area contributed by atoms with Gasteiger partial charge < -0.3 is 44.8 Å². The standard InChI is InChI=1S/C38H52BN5O10/c1-24-16-28(17-25(2)35(24)47)36(48)40-20-29(45)18-31-34(41-33(46)22-44-21-30(42-43-44)27-12-7-4-8-13-27)32(54-39)19-38(53-31,37(49)50)52-15-9-14-51-23-26-10-5-3-6-11-26/h3,5-6,10-11,16-17,21,27,29,31-32,34,45,47H,4,7-9,12-15,18-20,22-23,39H2,1-2H3,(H,40,48)(H,41,46)(H,49,50)/t29-,31?,32+,34?,38+/m0/s1. The number of aliphatic hydroxyl groups is 1. The molecule has 292 valence electrons. The Bertz CT molecular complexity index is 1680. The number of nitrogens with zero attached hydrogens (tertiary/aromatic N) is 3. The van der Waals surface area contributed by atoms with Crippen LogP contribution in [0.2, 0.25) is 0 Å². The Morgan fingerprint density at radius 1 is 1.09 bits per heavy atom. The van der Waals surface area contributed by atoms with Gasteiger partial charge in [0, 0.05) is 43.7 Å². The van der Waals surface area contributed by atoms with Crippen molar-refractivity contribution in [1.82, 2.24) is 25.6 Å². The Labute approximate surface area is 316 Å². The SMILES string of the molecule is BO[C@@H]1C[C@](OCCCOCc2ccccc2)(C(=O)O)OC(C[C@H](O)CNC(=O)c2cc(C)c(O)c(C)c2)C1NC(=O)Cn1cc(C2CCCCC2)nn1. The van der Waals surface area contributed by atoms with Gasteiger partial charge in [0.1, 0.15) is 12.3 Å². The lowest BCUT2D eigenvalue weighted by molar-refractivity contribution is -0.296. The maximum atomic E-state index is 13.5. The number of hydrogen-bond donors (Lipinski definition) is 5. The molecular weight excluding hydrogens is 697 g/mol. The van der Waals surface area contributed by atoms with Gasteiger partial charge in [-0.1, -0.05) is 54.8 Å². The average molecular weight is 750 g/mol. The highest BCUT2D eigenvalue weighted by molar-refractivity contribution is 5.98. The number of carbonyl (C=O) groups excluding carboxylic acids is 2. The number of aromatic hydroxyl groups is 1. The number of hydrogen-bond acceptors (Lipinski definition) is 11. The van der Waals surface area contributed by atoms with E-state index < -0.39 is 47.9 Å². The molecule has 1 aliphatic heterocycles. The highest BCUT2D eigenvalue weighted by atomic mass is 16.7. The summed E-state index contributed by atoms with van der Waals surface area (Å²) in [7, 11) is 1.41. The van der Waals surface area contributed by atoms with Crippen LogP contribution < -0.4 is 10.6 Å². The van der Waals surface area contributed by atoms with Gasteiger partial charge in [0.15, 0.2) is 0 Å². The Morgan fingerprint density at radius 3 is 2.50 bits per heavy atom. The van der Waals surface area contributed by atoms with Crippen molar-refractivity contribution in [3.8, 4) is 5.75 Å². The number of aromatic nitrogens is 3. The van der Waals surface area contributed by atoms with Crippen LogP contribution in [-0.2, 0) is 41.6 Å². The first-order valence-corrected chi connectivity index (χ1v) is 18.6. The summed E-state index contributed by atoms with van der Waals surface area (Å²) < 4.78 is 25.1. The number of aliphatic carboxylic acids is 1. The maximum Gasteiger partial charge on any atom is 0.364 e. The largest absolute Gasteiger partial charge is 0.507 e. The molecule has 0 bridgehead atoms. The molecule has 15 nitrogen and oxygen atoms in total. The quantitative estimate of drug-likeness (QED) is 0.0941. The Hall–Kier alpha value is -4.35. The second kappa shape index (κ2) is 19.3. The lowest BCUT2D eigenvalue weighted by atomic mass is 9.87. The second-order valence-electron chi connectivity index (χ2n) is 14.3. The monoisotopic (exact) mass is 749 g/mol. The fourth-order valence-electron chi connectivity index (χ4n) is 7.17. The van der Waals surface area contributed by atoms with Gasteiger partial charge in [0.25, 0.3) is 19.7 Å². The van der Waals surface area contributed by atoms with Crippen LogP contribution in [-0.4, -0.2) is 106 Å². The summed E-state index contributed by atoms with van der Waals surface area (Å²) in [6.07, 6.45) is 4.03. The molecule has 2 aromatic carbocycles. The molecule has 5 N–H and O–H groups in total. The van der Waals surface area contributed by atoms with Crippen LogP contribution in [0.5, 0.6) is 5.75 Å². The number of benzene rings is 2. The topological polar surface area (TPSA) is 204 Å². The molecule has 2 heterocycles. The first-order chi connectivity index (χ1) is 26.0. The van der Waals surface area contributed by atoms with Gasteiger partial charge in [-0.25, -0.2) is 9.48 Å². The number of amides is 2. The first kappa shape index (κ1) is 40.8. The third-order valence-corrected chi connectivity index (χ3v) is 10.1. The number of aliphatic hydroxyl groups excluding tert-OH is 1. The summed E-state index contributed by atoms with van der Waals surface area (Å²) >= 11 is 0. The fourth-order valence-corrected chi connectivity index (χ4v) is 7.17. The van der Waals surface area contributed by atoms with E-state index in [1.54, 1.807) is 32.2 Å². The van der Waals surface area contributed by atoms with Crippen molar-refractivity contribution < 1.29 is 48.6 Å². The number of carboxylic acids is 1. The molecule has 2 amide bonds. The number of aryl methyl sites for hydroxylation is 2. The van der Waals surface area contributed by atoms with Gasteiger partial charge in [0.2, 0.25) is 5.91 Å². The van der Waals surface area contributed by atoms with E-state index in [9.17, 15) is 29.7 Å². The van der Waals surface area contributed by atoms with Gasteiger partial charge in [-0.2, -0.15) is 0 Å². The third kappa shape index (κ3) is 10.9. The van der Waals surface area contributed by atoms with Crippen LogP contribution in [0.4, 0.5) is 0 Å². The molecule has 2 unspecified atom stereocenters. The summed E-state index contributed by atoms with van der Waals surface area (Å²) in [5, 5.41) is 45.9. The van der Waals surface area contributed by atoms with E-state index in [1.807, 2.05) is 30.3 Å². The van der Waals surface area contributed by atoms with Gasteiger partial charge in [-0.05, 0) is 61.9 Å². The fraction of sp³-hybridized carbons (Fsp3) is 0.553. The smallest absolute Gasteiger partial charge is 0.364 e. The van der Waals surface area contributed by atoms with Crippen molar-refractivity contribution in [2.24, 2.45) is 0 Å².